The number of benzene rings is 1. The first kappa shape index (κ1) is 19.0. The van der Waals surface area contributed by atoms with Crippen LogP contribution >= 0.6 is 11.3 Å². The third-order valence-corrected chi connectivity index (χ3v) is 5.54. The van der Waals surface area contributed by atoms with Crippen molar-refractivity contribution in [2.45, 2.75) is 38.6 Å². The maximum Gasteiger partial charge on any atom is 0.402 e. The number of anilines is 1. The Morgan fingerprint density at radius 2 is 2.03 bits per heavy atom. The van der Waals surface area contributed by atoms with Crippen molar-refractivity contribution >= 4 is 44.8 Å². The summed E-state index contributed by atoms with van der Waals surface area (Å²) in [5.74, 6) is 0.651. The fraction of sp³-hybridized carbons (Fsp3) is 0.333. The molecule has 0 aliphatic heterocycles. The van der Waals surface area contributed by atoms with Crippen molar-refractivity contribution < 1.29 is 9.90 Å². The van der Waals surface area contributed by atoms with E-state index in [1.807, 2.05) is 19.1 Å². The minimum Gasteiger partial charge on any atom is -0.465 e. The van der Waals surface area contributed by atoms with Gasteiger partial charge in [0, 0.05) is 6.04 Å². The van der Waals surface area contributed by atoms with Gasteiger partial charge in [-0.2, -0.15) is 9.67 Å². The summed E-state index contributed by atoms with van der Waals surface area (Å²) in [6, 6.07) is 6.57. The monoisotopic (exact) mass is 412 g/mol. The van der Waals surface area contributed by atoms with Crippen LogP contribution in [0, 0.1) is 6.92 Å². The van der Waals surface area contributed by atoms with Gasteiger partial charge in [-0.3, -0.25) is 0 Å². The zero-order valence-electron chi connectivity index (χ0n) is 15.7. The van der Waals surface area contributed by atoms with Gasteiger partial charge in [-0.1, -0.05) is 18.1 Å². The van der Waals surface area contributed by atoms with Crippen molar-refractivity contribution in [3.05, 3.63) is 29.4 Å². The van der Waals surface area contributed by atoms with E-state index in [4.69, 9.17) is 9.90 Å². The molecule has 1 saturated carbocycles. The fourth-order valence-electron chi connectivity index (χ4n) is 3.38. The average Bonchev–Trinajstić information content (AvgIpc) is 3.39. The van der Waals surface area contributed by atoms with Crippen LogP contribution in [0.4, 0.5) is 10.7 Å². The lowest BCUT2D eigenvalue weighted by Crippen LogP contribution is -2.16. The summed E-state index contributed by atoms with van der Waals surface area (Å²) in [5.41, 5.74) is 7.38. The first-order chi connectivity index (χ1) is 14.0. The van der Waals surface area contributed by atoms with Crippen LogP contribution < -0.4 is 11.1 Å². The van der Waals surface area contributed by atoms with Crippen molar-refractivity contribution in [2.24, 2.45) is 5.73 Å². The fourth-order valence-corrected chi connectivity index (χ4v) is 4.24. The van der Waals surface area contributed by atoms with Gasteiger partial charge in [0.15, 0.2) is 11.2 Å². The van der Waals surface area contributed by atoms with Crippen LogP contribution in [-0.4, -0.2) is 47.2 Å². The van der Waals surface area contributed by atoms with E-state index in [-0.39, 0.29) is 0 Å². The predicted octanol–water partition coefficient (Wildman–Crippen LogP) is 3.11. The maximum absolute atomic E-state index is 8.78. The molecule has 150 valence electrons. The lowest BCUT2D eigenvalue weighted by atomic mass is 10.2. The molecule has 3 aromatic heterocycles. The molecule has 1 amide bonds. The quantitative estimate of drug-likeness (QED) is 0.465. The van der Waals surface area contributed by atoms with E-state index in [1.165, 1.54) is 25.7 Å². The minimum atomic E-state index is -1.33. The Balaban J connectivity index is 0.000000472. The smallest absolute Gasteiger partial charge is 0.402 e. The second kappa shape index (κ2) is 7.95. The van der Waals surface area contributed by atoms with Crippen molar-refractivity contribution in [3.63, 3.8) is 0 Å². The molecule has 1 aliphatic rings. The number of primary amides is 1. The number of thiazole rings is 1. The molecule has 29 heavy (non-hydrogen) atoms. The Bertz CT molecular complexity index is 1160. The van der Waals surface area contributed by atoms with Crippen LogP contribution in [0.2, 0.25) is 0 Å². The number of aromatic nitrogens is 6. The molecule has 1 aliphatic carbocycles. The number of rotatable bonds is 3. The average molecular weight is 412 g/mol. The number of nitrogens with zero attached hydrogens (tertiary/aromatic N) is 6. The van der Waals surface area contributed by atoms with Gasteiger partial charge in [-0.05, 0) is 38.0 Å². The van der Waals surface area contributed by atoms with Gasteiger partial charge in [-0.15, -0.1) is 16.4 Å². The third-order valence-electron chi connectivity index (χ3n) is 4.60. The summed E-state index contributed by atoms with van der Waals surface area (Å²) in [6.45, 7) is 2.02. The molecule has 0 bridgehead atoms. The highest BCUT2D eigenvalue weighted by molar-refractivity contribution is 7.18. The Labute approximate surface area is 169 Å². The molecule has 1 aromatic carbocycles. The van der Waals surface area contributed by atoms with Crippen molar-refractivity contribution in [1.29, 1.82) is 0 Å². The van der Waals surface area contributed by atoms with E-state index in [1.54, 1.807) is 22.2 Å². The second-order valence-electron chi connectivity index (χ2n) is 6.75. The van der Waals surface area contributed by atoms with Crippen LogP contribution in [0.25, 0.3) is 27.1 Å². The Kier molecular flexibility index (Phi) is 5.21. The number of fused-ring (bicyclic) bond motifs is 2. The number of aryl methyl sites for hydroxylation is 1. The Morgan fingerprint density at radius 3 is 2.79 bits per heavy atom. The van der Waals surface area contributed by atoms with Crippen LogP contribution in [-0.2, 0) is 0 Å². The summed E-state index contributed by atoms with van der Waals surface area (Å²) in [5, 5.41) is 20.2. The summed E-state index contributed by atoms with van der Waals surface area (Å²) in [4.78, 5) is 22.3. The lowest BCUT2D eigenvalue weighted by molar-refractivity contribution is 0.205. The van der Waals surface area contributed by atoms with Gasteiger partial charge in [0.25, 0.3) is 0 Å². The molecule has 1 fully saturated rings. The maximum atomic E-state index is 8.78. The molecule has 0 radical (unpaired) electrons. The molecular weight excluding hydrogens is 392 g/mol. The van der Waals surface area contributed by atoms with E-state index in [0.29, 0.717) is 17.5 Å². The molecule has 0 spiro atoms. The summed E-state index contributed by atoms with van der Waals surface area (Å²) >= 11 is 1.68. The molecule has 3 heterocycles. The molecule has 0 saturated heterocycles. The van der Waals surface area contributed by atoms with Crippen LogP contribution in [0.3, 0.4) is 0 Å². The van der Waals surface area contributed by atoms with Gasteiger partial charge in [0.2, 0.25) is 5.95 Å². The highest BCUT2D eigenvalue weighted by atomic mass is 32.1. The second-order valence-corrected chi connectivity index (χ2v) is 7.99. The van der Waals surface area contributed by atoms with Gasteiger partial charge in [0.1, 0.15) is 0 Å². The number of hydrogen-bond donors (Lipinski definition) is 3. The lowest BCUT2D eigenvalue weighted by Gasteiger charge is -2.11. The van der Waals surface area contributed by atoms with Gasteiger partial charge in [-0.25, -0.2) is 14.8 Å². The number of carboxylic acid groups (broad SMARTS) is 1. The zero-order valence-corrected chi connectivity index (χ0v) is 16.6. The first-order valence-electron chi connectivity index (χ1n) is 9.20. The van der Waals surface area contributed by atoms with Crippen molar-refractivity contribution in [3.8, 4) is 5.69 Å². The third kappa shape index (κ3) is 4.24. The summed E-state index contributed by atoms with van der Waals surface area (Å²) in [7, 11) is 0. The number of amides is 1. The zero-order chi connectivity index (χ0) is 20.4. The van der Waals surface area contributed by atoms with Crippen molar-refractivity contribution in [2.75, 3.05) is 5.32 Å². The van der Waals surface area contributed by atoms with Gasteiger partial charge in [0.05, 0.1) is 27.1 Å². The van der Waals surface area contributed by atoms with Crippen LogP contribution in [0.1, 0.15) is 30.7 Å². The molecule has 5 rings (SSSR count). The molecule has 0 unspecified atom stereocenters. The number of carbonyl (C=O) groups is 1. The predicted molar refractivity (Wildman–Crippen MR) is 110 cm³/mol. The van der Waals surface area contributed by atoms with E-state index in [9.17, 15) is 0 Å². The molecule has 0 atom stereocenters. The summed E-state index contributed by atoms with van der Waals surface area (Å²) in [6.07, 6.45) is 5.31. The highest BCUT2D eigenvalue weighted by Gasteiger charge is 2.17. The van der Waals surface area contributed by atoms with E-state index >= 15 is 0 Å². The Hall–Kier alpha value is -3.34. The number of nitrogens with one attached hydrogen (secondary N) is 1. The minimum absolute atomic E-state index is 0.471. The molecule has 10 nitrogen and oxygen atoms in total. The topological polar surface area (TPSA) is 145 Å². The van der Waals surface area contributed by atoms with Crippen LogP contribution in [0.5, 0.6) is 0 Å². The molecule has 11 heteroatoms. The molecule has 4 N–H and O–H groups in total. The standard InChI is InChI=1S/C17H17N7S.CH3NO2/c1-10-19-13-7-6-12(8-15(13)25-10)24-16-14(22-23-24)9-18-17(21-16)20-11-4-2-3-5-11;2-1(3)4/h6-9,11H,2-5H2,1H3,(H,18,20,21);2H2,(H,3,4). The Morgan fingerprint density at radius 1 is 1.28 bits per heavy atom. The van der Waals surface area contributed by atoms with E-state index in [2.05, 4.69) is 42.4 Å². The van der Waals surface area contributed by atoms with Crippen LogP contribution in [0.15, 0.2) is 24.4 Å². The first-order valence-corrected chi connectivity index (χ1v) is 10.0. The van der Waals surface area contributed by atoms with E-state index < -0.39 is 6.09 Å². The van der Waals surface area contributed by atoms with Crippen molar-refractivity contribution in [1.82, 2.24) is 29.9 Å². The van der Waals surface area contributed by atoms with Gasteiger partial charge < -0.3 is 16.2 Å². The largest absolute Gasteiger partial charge is 0.465 e. The van der Waals surface area contributed by atoms with E-state index in [0.717, 1.165) is 26.6 Å². The number of nitrogens with two attached hydrogens (primary N) is 1. The molecule has 4 aromatic rings. The molecular formula is C18H20N8O2S. The SMILES string of the molecule is Cc1nc2ccc(-n3nnc4cnc(NC5CCCC5)nc43)cc2s1.NC(=O)O. The normalized spacial score (nSPS) is 14.1. The van der Waals surface area contributed by atoms with Gasteiger partial charge >= 0.3 is 6.09 Å². The number of hydrogen-bond acceptors (Lipinski definition) is 8. The summed E-state index contributed by atoms with van der Waals surface area (Å²) < 4.78 is 2.91. The highest BCUT2D eigenvalue weighted by Crippen LogP contribution is 2.26.